The van der Waals surface area contributed by atoms with Crippen LogP contribution in [0.1, 0.15) is 43.4 Å². The number of halogens is 3. The maximum atomic E-state index is 12.9. The molecule has 24 heavy (non-hydrogen) atoms. The zero-order valence-corrected chi connectivity index (χ0v) is 13.8. The summed E-state index contributed by atoms with van der Waals surface area (Å²) >= 11 is 0. The molecule has 2 heterocycles. The fourth-order valence-corrected chi connectivity index (χ4v) is 3.88. The monoisotopic (exact) mass is 340 g/mol. The Morgan fingerprint density at radius 2 is 1.75 bits per heavy atom. The number of hydrogen-bond acceptors (Lipinski definition) is 2. The summed E-state index contributed by atoms with van der Waals surface area (Å²) in [5, 5.41) is 3.25. The summed E-state index contributed by atoms with van der Waals surface area (Å²) in [6, 6.07) is 5.17. The van der Waals surface area contributed by atoms with Crippen molar-refractivity contribution in [1.29, 1.82) is 0 Å². The van der Waals surface area contributed by atoms with Gasteiger partial charge >= 0.3 is 6.18 Å². The second-order valence-corrected chi connectivity index (χ2v) is 6.89. The van der Waals surface area contributed by atoms with Crippen LogP contribution in [0, 0.1) is 11.8 Å². The Morgan fingerprint density at radius 3 is 2.33 bits per heavy atom. The third-order valence-electron chi connectivity index (χ3n) is 5.25. The molecule has 1 N–H and O–H groups in total. The third kappa shape index (κ3) is 3.43. The number of carbonyl (C=O) groups is 1. The van der Waals surface area contributed by atoms with E-state index in [1.54, 1.807) is 0 Å². The number of likely N-dealkylation sites (tertiary alicyclic amines) is 1. The predicted molar refractivity (Wildman–Crippen MR) is 85.3 cm³/mol. The summed E-state index contributed by atoms with van der Waals surface area (Å²) in [7, 11) is 0. The van der Waals surface area contributed by atoms with Crippen molar-refractivity contribution in [2.45, 2.75) is 38.4 Å². The maximum Gasteiger partial charge on any atom is 0.416 e. The van der Waals surface area contributed by atoms with Gasteiger partial charge in [0.2, 0.25) is 5.91 Å². The smallest absolute Gasteiger partial charge is 0.335 e. The Labute approximate surface area is 140 Å². The number of rotatable bonds is 2. The number of amides is 1. The SMILES string of the molecule is C[C@H]1CCN(C(=O)C2CCNCC2)[C@H]1c1ccc(C(F)(F)F)cc1. The first-order valence-electron chi connectivity index (χ1n) is 8.56. The van der Waals surface area contributed by atoms with E-state index in [4.69, 9.17) is 0 Å². The number of nitrogens with one attached hydrogen (secondary N) is 1. The number of hydrogen-bond donors (Lipinski definition) is 1. The number of carbonyl (C=O) groups excluding carboxylic acids is 1. The van der Waals surface area contributed by atoms with E-state index in [0.717, 1.165) is 50.0 Å². The normalized spacial score (nSPS) is 25.9. The number of alkyl halides is 3. The van der Waals surface area contributed by atoms with Crippen molar-refractivity contribution < 1.29 is 18.0 Å². The Morgan fingerprint density at radius 1 is 1.12 bits per heavy atom. The number of benzene rings is 1. The molecule has 1 amide bonds. The fourth-order valence-electron chi connectivity index (χ4n) is 3.88. The van der Waals surface area contributed by atoms with Crippen LogP contribution in [0.25, 0.3) is 0 Å². The van der Waals surface area contributed by atoms with Crippen LogP contribution in [0.2, 0.25) is 0 Å². The number of piperidine rings is 1. The Kier molecular flexibility index (Phi) is 4.85. The van der Waals surface area contributed by atoms with Crippen molar-refractivity contribution in [1.82, 2.24) is 10.2 Å². The second-order valence-electron chi connectivity index (χ2n) is 6.89. The topological polar surface area (TPSA) is 32.3 Å². The minimum absolute atomic E-state index is 0.0356. The highest BCUT2D eigenvalue weighted by Gasteiger charge is 2.39. The average Bonchev–Trinajstić information content (AvgIpc) is 2.96. The molecule has 1 aromatic rings. The summed E-state index contributed by atoms with van der Waals surface area (Å²) in [5.74, 6) is 0.451. The standard InChI is InChI=1S/C18H23F3N2O/c1-12-8-11-23(17(24)14-6-9-22-10-7-14)16(12)13-2-4-15(5-3-13)18(19,20)21/h2-5,12,14,16,22H,6-11H2,1H3/t12-,16+/m0/s1. The van der Waals surface area contributed by atoms with E-state index in [9.17, 15) is 18.0 Å². The van der Waals surface area contributed by atoms with Crippen molar-refractivity contribution in [2.24, 2.45) is 11.8 Å². The Balaban J connectivity index is 1.80. The Hall–Kier alpha value is -1.56. The van der Waals surface area contributed by atoms with E-state index in [1.165, 1.54) is 12.1 Å². The second kappa shape index (κ2) is 6.75. The van der Waals surface area contributed by atoms with E-state index in [1.807, 2.05) is 4.90 Å². The molecule has 3 nitrogen and oxygen atoms in total. The van der Waals surface area contributed by atoms with Gasteiger partial charge in [-0.15, -0.1) is 0 Å². The minimum atomic E-state index is -4.33. The highest BCUT2D eigenvalue weighted by Crippen LogP contribution is 2.39. The molecule has 2 aliphatic heterocycles. The summed E-state index contributed by atoms with van der Waals surface area (Å²) in [6.07, 6.45) is -1.76. The summed E-state index contributed by atoms with van der Waals surface area (Å²) in [5.41, 5.74) is 0.156. The lowest BCUT2D eigenvalue weighted by Crippen LogP contribution is -2.41. The largest absolute Gasteiger partial charge is 0.416 e. The summed E-state index contributed by atoms with van der Waals surface area (Å²) in [4.78, 5) is 14.8. The van der Waals surface area contributed by atoms with E-state index in [0.29, 0.717) is 6.54 Å². The maximum absolute atomic E-state index is 12.9. The first-order valence-corrected chi connectivity index (χ1v) is 8.56. The first kappa shape index (κ1) is 17.3. The lowest BCUT2D eigenvalue weighted by molar-refractivity contribution is -0.138. The molecule has 0 bridgehead atoms. The van der Waals surface area contributed by atoms with Crippen LogP contribution in [-0.4, -0.2) is 30.4 Å². The molecule has 2 aliphatic rings. The minimum Gasteiger partial charge on any atom is -0.335 e. The molecule has 1 aromatic carbocycles. The van der Waals surface area contributed by atoms with Crippen LogP contribution in [0.5, 0.6) is 0 Å². The summed E-state index contributed by atoms with van der Waals surface area (Å²) in [6.45, 7) is 4.46. The molecular formula is C18H23F3N2O. The van der Waals surface area contributed by atoms with Gasteiger partial charge < -0.3 is 10.2 Å². The van der Waals surface area contributed by atoms with E-state index in [-0.39, 0.29) is 23.8 Å². The molecule has 6 heteroatoms. The lowest BCUT2D eigenvalue weighted by Gasteiger charge is -2.32. The molecule has 0 spiro atoms. The zero-order chi connectivity index (χ0) is 17.3. The van der Waals surface area contributed by atoms with E-state index in [2.05, 4.69) is 12.2 Å². The fraction of sp³-hybridized carbons (Fsp3) is 0.611. The van der Waals surface area contributed by atoms with Crippen molar-refractivity contribution in [2.75, 3.05) is 19.6 Å². The molecule has 0 aromatic heterocycles. The van der Waals surface area contributed by atoms with Gasteiger partial charge in [0.05, 0.1) is 11.6 Å². The van der Waals surface area contributed by atoms with Gasteiger partial charge in [-0.3, -0.25) is 4.79 Å². The molecule has 0 saturated carbocycles. The Bertz CT molecular complexity index is 579. The lowest BCUT2D eigenvalue weighted by atomic mass is 9.92. The molecule has 132 valence electrons. The van der Waals surface area contributed by atoms with Gasteiger partial charge in [-0.05, 0) is 56.0 Å². The molecule has 3 rings (SSSR count). The van der Waals surface area contributed by atoms with Crippen LogP contribution in [-0.2, 0) is 11.0 Å². The first-order chi connectivity index (χ1) is 11.4. The molecule has 0 radical (unpaired) electrons. The van der Waals surface area contributed by atoms with Crippen molar-refractivity contribution in [3.63, 3.8) is 0 Å². The van der Waals surface area contributed by atoms with Gasteiger partial charge in [-0.1, -0.05) is 19.1 Å². The molecule has 2 saturated heterocycles. The molecule has 2 atom stereocenters. The predicted octanol–water partition coefficient (Wildman–Crippen LogP) is 3.61. The summed E-state index contributed by atoms with van der Waals surface area (Å²) < 4.78 is 38.3. The van der Waals surface area contributed by atoms with E-state index >= 15 is 0 Å². The van der Waals surface area contributed by atoms with Crippen LogP contribution >= 0.6 is 0 Å². The van der Waals surface area contributed by atoms with Gasteiger partial charge in [0, 0.05) is 12.5 Å². The van der Waals surface area contributed by atoms with Crippen molar-refractivity contribution in [3.8, 4) is 0 Å². The molecule has 0 aliphatic carbocycles. The molecule has 0 unspecified atom stereocenters. The third-order valence-corrected chi connectivity index (χ3v) is 5.25. The van der Waals surface area contributed by atoms with Crippen molar-refractivity contribution in [3.05, 3.63) is 35.4 Å². The van der Waals surface area contributed by atoms with Gasteiger partial charge in [-0.25, -0.2) is 0 Å². The van der Waals surface area contributed by atoms with Gasteiger partial charge in [0.25, 0.3) is 0 Å². The van der Waals surface area contributed by atoms with Gasteiger partial charge in [0.15, 0.2) is 0 Å². The van der Waals surface area contributed by atoms with Crippen molar-refractivity contribution >= 4 is 5.91 Å². The molecular weight excluding hydrogens is 317 g/mol. The average molecular weight is 340 g/mol. The quantitative estimate of drug-likeness (QED) is 0.892. The van der Waals surface area contributed by atoms with Crippen LogP contribution < -0.4 is 5.32 Å². The zero-order valence-electron chi connectivity index (χ0n) is 13.8. The van der Waals surface area contributed by atoms with Crippen LogP contribution in [0.15, 0.2) is 24.3 Å². The van der Waals surface area contributed by atoms with Crippen LogP contribution in [0.3, 0.4) is 0 Å². The van der Waals surface area contributed by atoms with Crippen LogP contribution in [0.4, 0.5) is 13.2 Å². The highest BCUT2D eigenvalue weighted by atomic mass is 19.4. The van der Waals surface area contributed by atoms with Gasteiger partial charge in [0.1, 0.15) is 0 Å². The number of nitrogens with zero attached hydrogens (tertiary/aromatic N) is 1. The van der Waals surface area contributed by atoms with E-state index < -0.39 is 11.7 Å². The highest BCUT2D eigenvalue weighted by molar-refractivity contribution is 5.80. The van der Waals surface area contributed by atoms with Gasteiger partial charge in [-0.2, -0.15) is 13.2 Å². The molecule has 2 fully saturated rings.